The number of aromatic nitrogens is 2. The van der Waals surface area contributed by atoms with Crippen LogP contribution in [0.15, 0.2) is 35.4 Å². The zero-order valence-electron chi connectivity index (χ0n) is 17.9. The number of anilines is 1. The summed E-state index contributed by atoms with van der Waals surface area (Å²) in [5.41, 5.74) is 0.633. The molecule has 4 rings (SSSR count). The molecule has 166 valence electrons. The molecule has 31 heavy (non-hydrogen) atoms. The summed E-state index contributed by atoms with van der Waals surface area (Å²) in [6.45, 7) is 1.96. The Labute approximate surface area is 182 Å². The minimum atomic E-state index is -0.230. The molecule has 8 heteroatoms. The van der Waals surface area contributed by atoms with Gasteiger partial charge in [0.15, 0.2) is 0 Å². The highest BCUT2D eigenvalue weighted by Crippen LogP contribution is 2.23. The number of carbonyl (C=O) groups is 2. The van der Waals surface area contributed by atoms with Crippen LogP contribution in [0.1, 0.15) is 44.9 Å². The van der Waals surface area contributed by atoms with Gasteiger partial charge in [0.1, 0.15) is 11.3 Å². The summed E-state index contributed by atoms with van der Waals surface area (Å²) in [6, 6.07) is 5.34. The largest absolute Gasteiger partial charge is 0.370 e. The molecule has 2 aliphatic rings. The molecular formula is C23H31N5O3. The maximum absolute atomic E-state index is 12.6. The predicted octanol–water partition coefficient (Wildman–Crippen LogP) is 2.04. The summed E-state index contributed by atoms with van der Waals surface area (Å²) in [5, 5.41) is 6.06. The van der Waals surface area contributed by atoms with Crippen LogP contribution in [-0.2, 0) is 9.59 Å². The van der Waals surface area contributed by atoms with E-state index < -0.39 is 0 Å². The predicted molar refractivity (Wildman–Crippen MR) is 119 cm³/mol. The summed E-state index contributed by atoms with van der Waals surface area (Å²) in [5.74, 6) is 0.665. The molecule has 0 unspecified atom stereocenters. The lowest BCUT2D eigenvalue weighted by Crippen LogP contribution is -2.45. The Morgan fingerprint density at radius 2 is 1.84 bits per heavy atom. The van der Waals surface area contributed by atoms with Crippen LogP contribution in [0.2, 0.25) is 0 Å². The van der Waals surface area contributed by atoms with Gasteiger partial charge in [-0.05, 0) is 43.7 Å². The van der Waals surface area contributed by atoms with Crippen molar-refractivity contribution >= 4 is 23.1 Å². The third kappa shape index (κ3) is 5.24. The quantitative estimate of drug-likeness (QED) is 0.738. The van der Waals surface area contributed by atoms with Crippen molar-refractivity contribution in [1.82, 2.24) is 19.6 Å². The van der Waals surface area contributed by atoms with E-state index in [0.717, 1.165) is 6.54 Å². The van der Waals surface area contributed by atoms with Crippen molar-refractivity contribution in [2.45, 2.75) is 44.9 Å². The monoisotopic (exact) mass is 425 g/mol. The first-order valence-corrected chi connectivity index (χ1v) is 11.4. The number of nitrogens with zero attached hydrogens (tertiary/aromatic N) is 3. The number of hydrogen-bond acceptors (Lipinski definition) is 5. The Kier molecular flexibility index (Phi) is 6.84. The Hall–Kier alpha value is -2.90. The van der Waals surface area contributed by atoms with Crippen LogP contribution in [0.4, 0.5) is 5.69 Å². The van der Waals surface area contributed by atoms with E-state index in [-0.39, 0.29) is 29.8 Å². The van der Waals surface area contributed by atoms with E-state index in [0.29, 0.717) is 43.2 Å². The first-order chi connectivity index (χ1) is 15.1. The minimum absolute atomic E-state index is 0.0186. The fourth-order valence-corrected chi connectivity index (χ4v) is 4.60. The molecule has 2 aromatic rings. The van der Waals surface area contributed by atoms with E-state index in [1.54, 1.807) is 23.2 Å². The lowest BCUT2D eigenvalue weighted by molar-refractivity contribution is -0.134. The van der Waals surface area contributed by atoms with E-state index in [1.807, 2.05) is 6.07 Å². The normalized spacial score (nSPS) is 18.1. The van der Waals surface area contributed by atoms with Crippen LogP contribution >= 0.6 is 0 Å². The van der Waals surface area contributed by atoms with E-state index in [2.05, 4.69) is 15.6 Å². The average Bonchev–Trinajstić information content (AvgIpc) is 2.83. The van der Waals surface area contributed by atoms with Crippen molar-refractivity contribution in [3.8, 4) is 0 Å². The number of amides is 2. The number of carbonyl (C=O) groups excluding carboxylic acids is 2. The van der Waals surface area contributed by atoms with E-state index in [9.17, 15) is 14.4 Å². The summed E-state index contributed by atoms with van der Waals surface area (Å²) < 4.78 is 1.45. The van der Waals surface area contributed by atoms with Gasteiger partial charge >= 0.3 is 0 Å². The first-order valence-electron chi connectivity index (χ1n) is 11.4. The highest BCUT2D eigenvalue weighted by atomic mass is 16.2. The second-order valence-corrected chi connectivity index (χ2v) is 8.66. The fraction of sp³-hybridized carbons (Fsp3) is 0.565. The van der Waals surface area contributed by atoms with Crippen LogP contribution < -0.4 is 16.2 Å². The van der Waals surface area contributed by atoms with Crippen molar-refractivity contribution in [2.24, 2.45) is 11.8 Å². The molecule has 0 atom stereocenters. The van der Waals surface area contributed by atoms with Gasteiger partial charge in [-0.2, -0.15) is 0 Å². The Balaban J connectivity index is 1.22. The topological polar surface area (TPSA) is 95.8 Å². The summed E-state index contributed by atoms with van der Waals surface area (Å²) in [4.78, 5) is 43.6. The average molecular weight is 426 g/mol. The first kappa shape index (κ1) is 21.3. The van der Waals surface area contributed by atoms with Crippen molar-refractivity contribution in [2.75, 3.05) is 31.5 Å². The number of pyridine rings is 1. The molecule has 8 nitrogen and oxygen atoms in total. The molecule has 2 N–H and O–H groups in total. The van der Waals surface area contributed by atoms with Gasteiger partial charge in [0.05, 0.1) is 12.7 Å². The zero-order chi connectivity index (χ0) is 21.6. The smallest absolute Gasteiger partial charge is 0.281 e. The lowest BCUT2D eigenvalue weighted by Gasteiger charge is -2.32. The molecule has 1 saturated heterocycles. The van der Waals surface area contributed by atoms with Gasteiger partial charge in [0.2, 0.25) is 11.8 Å². The van der Waals surface area contributed by atoms with Gasteiger partial charge in [-0.25, -0.2) is 4.98 Å². The number of likely N-dealkylation sites (tertiary alicyclic amines) is 1. The lowest BCUT2D eigenvalue weighted by atomic mass is 9.89. The second kappa shape index (κ2) is 9.94. The number of nitrogens with one attached hydrogen (secondary N) is 2. The summed E-state index contributed by atoms with van der Waals surface area (Å²) in [7, 11) is 0. The Morgan fingerprint density at radius 3 is 2.61 bits per heavy atom. The van der Waals surface area contributed by atoms with E-state index in [1.165, 1.54) is 42.7 Å². The van der Waals surface area contributed by atoms with Crippen LogP contribution in [0.5, 0.6) is 0 Å². The number of hydrogen-bond donors (Lipinski definition) is 2. The zero-order valence-corrected chi connectivity index (χ0v) is 17.9. The summed E-state index contributed by atoms with van der Waals surface area (Å²) in [6.07, 6.45) is 10.8. The molecule has 1 saturated carbocycles. The Bertz CT molecular complexity index is 975. The number of rotatable bonds is 6. The molecule has 2 aromatic heterocycles. The van der Waals surface area contributed by atoms with Crippen LogP contribution in [-0.4, -0.2) is 52.3 Å². The highest BCUT2D eigenvalue weighted by Gasteiger charge is 2.27. The molecule has 0 aromatic carbocycles. The summed E-state index contributed by atoms with van der Waals surface area (Å²) >= 11 is 0. The third-order valence-electron chi connectivity index (χ3n) is 6.55. The molecule has 0 spiro atoms. The van der Waals surface area contributed by atoms with E-state index >= 15 is 0 Å². The standard InChI is InChI=1S/C23H31N5O3/c29-21(16-24-19-15-25-20-8-4-5-11-28(20)23(19)31)27-12-9-18(10-13-27)22(30)26-14-17-6-2-1-3-7-17/h4-5,8,11,15,17-18,24H,1-3,6-7,9-10,12-14,16H2,(H,26,30). The van der Waals surface area contributed by atoms with Crippen molar-refractivity contribution in [1.29, 1.82) is 0 Å². The van der Waals surface area contributed by atoms with Gasteiger partial charge < -0.3 is 15.5 Å². The maximum atomic E-state index is 12.6. The molecule has 1 aliphatic heterocycles. The third-order valence-corrected chi connectivity index (χ3v) is 6.55. The molecule has 3 heterocycles. The van der Waals surface area contributed by atoms with Gasteiger partial charge in [0, 0.05) is 31.7 Å². The molecule has 2 amide bonds. The fourth-order valence-electron chi connectivity index (χ4n) is 4.60. The highest BCUT2D eigenvalue weighted by molar-refractivity contribution is 5.82. The van der Waals surface area contributed by atoms with Gasteiger partial charge in [-0.15, -0.1) is 0 Å². The van der Waals surface area contributed by atoms with Crippen molar-refractivity contribution < 1.29 is 9.59 Å². The molecule has 0 radical (unpaired) electrons. The minimum Gasteiger partial charge on any atom is -0.370 e. The van der Waals surface area contributed by atoms with E-state index in [4.69, 9.17) is 0 Å². The number of fused-ring (bicyclic) bond motifs is 1. The molecule has 2 fully saturated rings. The molecule has 1 aliphatic carbocycles. The van der Waals surface area contributed by atoms with Crippen LogP contribution in [0.25, 0.3) is 5.65 Å². The van der Waals surface area contributed by atoms with Gasteiger partial charge in [-0.3, -0.25) is 18.8 Å². The van der Waals surface area contributed by atoms with Crippen molar-refractivity contribution in [3.05, 3.63) is 40.9 Å². The Morgan fingerprint density at radius 1 is 1.06 bits per heavy atom. The maximum Gasteiger partial charge on any atom is 0.281 e. The van der Waals surface area contributed by atoms with Gasteiger partial charge in [-0.1, -0.05) is 25.3 Å². The van der Waals surface area contributed by atoms with Crippen molar-refractivity contribution in [3.63, 3.8) is 0 Å². The van der Waals surface area contributed by atoms with Crippen LogP contribution in [0, 0.1) is 11.8 Å². The molecule has 0 bridgehead atoms. The SMILES string of the molecule is O=C(NCC1CCCCC1)C1CCN(C(=O)CNc2cnc3ccccn3c2=O)CC1. The molecular weight excluding hydrogens is 394 g/mol. The second-order valence-electron chi connectivity index (χ2n) is 8.66. The van der Waals surface area contributed by atoms with Gasteiger partial charge in [0.25, 0.3) is 5.56 Å². The van der Waals surface area contributed by atoms with Crippen LogP contribution in [0.3, 0.4) is 0 Å². The number of piperidine rings is 1.